The fraction of sp³-hybridized carbons (Fsp3) is 0.182. The molecule has 0 saturated heterocycles. The van der Waals surface area contributed by atoms with Crippen molar-refractivity contribution in [1.29, 1.82) is 0 Å². The van der Waals surface area contributed by atoms with Crippen LogP contribution in [0.5, 0.6) is 0 Å². The summed E-state index contributed by atoms with van der Waals surface area (Å²) in [5, 5.41) is 17.1. The SMILES string of the molecule is Cc1noc(CNC(=O)c2cccc(NN)c2[N+](=O)[O-])n1. The topological polar surface area (TPSA) is 149 Å². The molecule has 10 nitrogen and oxygen atoms in total. The summed E-state index contributed by atoms with van der Waals surface area (Å²) in [6.45, 7) is 1.60. The molecule has 0 fully saturated rings. The van der Waals surface area contributed by atoms with E-state index in [1.807, 2.05) is 0 Å². The minimum atomic E-state index is -0.680. The van der Waals surface area contributed by atoms with E-state index in [-0.39, 0.29) is 23.7 Å². The monoisotopic (exact) mass is 292 g/mol. The lowest BCUT2D eigenvalue weighted by Gasteiger charge is -2.07. The van der Waals surface area contributed by atoms with Crippen molar-refractivity contribution in [3.05, 3.63) is 45.6 Å². The molecule has 0 atom stereocenters. The van der Waals surface area contributed by atoms with E-state index in [9.17, 15) is 14.9 Å². The van der Waals surface area contributed by atoms with Gasteiger partial charge in [-0.3, -0.25) is 20.8 Å². The molecule has 1 aromatic carbocycles. The van der Waals surface area contributed by atoms with E-state index < -0.39 is 16.5 Å². The van der Waals surface area contributed by atoms with Crippen molar-refractivity contribution >= 4 is 17.3 Å². The number of para-hydroxylation sites is 1. The summed E-state index contributed by atoms with van der Waals surface area (Å²) in [6.07, 6.45) is 0. The highest BCUT2D eigenvalue weighted by Gasteiger charge is 2.24. The van der Waals surface area contributed by atoms with E-state index in [0.717, 1.165) is 0 Å². The first-order valence-corrected chi connectivity index (χ1v) is 5.84. The zero-order chi connectivity index (χ0) is 15.4. The van der Waals surface area contributed by atoms with Crippen molar-refractivity contribution in [3.63, 3.8) is 0 Å². The van der Waals surface area contributed by atoms with E-state index >= 15 is 0 Å². The maximum absolute atomic E-state index is 12.0. The van der Waals surface area contributed by atoms with Crippen LogP contribution >= 0.6 is 0 Å². The molecule has 2 rings (SSSR count). The number of hydrazine groups is 1. The minimum Gasteiger partial charge on any atom is -0.343 e. The van der Waals surface area contributed by atoms with Crippen LogP contribution in [-0.2, 0) is 6.54 Å². The number of nitrogens with one attached hydrogen (secondary N) is 2. The summed E-state index contributed by atoms with van der Waals surface area (Å²) in [5.41, 5.74) is 1.71. The first-order chi connectivity index (χ1) is 10.0. The molecule has 4 N–H and O–H groups in total. The highest BCUT2D eigenvalue weighted by molar-refractivity contribution is 6.00. The van der Waals surface area contributed by atoms with Crippen LogP contribution in [0.15, 0.2) is 22.7 Å². The molecular formula is C11H12N6O4. The number of nitrogens with two attached hydrogens (primary N) is 1. The maximum Gasteiger partial charge on any atom is 0.306 e. The predicted molar refractivity (Wildman–Crippen MR) is 71.1 cm³/mol. The van der Waals surface area contributed by atoms with Gasteiger partial charge in [-0.2, -0.15) is 4.98 Å². The van der Waals surface area contributed by atoms with Gasteiger partial charge in [0, 0.05) is 0 Å². The Kier molecular flexibility index (Phi) is 4.09. The summed E-state index contributed by atoms with van der Waals surface area (Å²) in [5.74, 6) is 5.20. The smallest absolute Gasteiger partial charge is 0.306 e. The quantitative estimate of drug-likeness (QED) is 0.409. The standard InChI is InChI=1S/C11H12N6O4/c1-6-14-9(21-16-6)5-13-11(18)7-3-2-4-8(15-12)10(7)17(19)20/h2-4,15H,5,12H2,1H3,(H,13,18). The summed E-state index contributed by atoms with van der Waals surface area (Å²) >= 11 is 0. The number of hydrogen-bond donors (Lipinski definition) is 3. The number of nitro groups is 1. The average Bonchev–Trinajstić information content (AvgIpc) is 2.89. The number of aromatic nitrogens is 2. The average molecular weight is 292 g/mol. The second-order valence-corrected chi connectivity index (χ2v) is 4.02. The molecule has 110 valence electrons. The molecule has 21 heavy (non-hydrogen) atoms. The maximum atomic E-state index is 12.0. The zero-order valence-electron chi connectivity index (χ0n) is 11.0. The van der Waals surface area contributed by atoms with E-state index in [2.05, 4.69) is 20.9 Å². The van der Waals surface area contributed by atoms with Crippen molar-refractivity contribution in [2.75, 3.05) is 5.43 Å². The molecular weight excluding hydrogens is 280 g/mol. The van der Waals surface area contributed by atoms with Crippen LogP contribution < -0.4 is 16.6 Å². The van der Waals surface area contributed by atoms with Crippen LogP contribution in [-0.4, -0.2) is 21.0 Å². The Morgan fingerprint density at radius 2 is 2.29 bits per heavy atom. The number of hydrogen-bond acceptors (Lipinski definition) is 8. The Hall–Kier alpha value is -3.01. The molecule has 0 saturated carbocycles. The van der Waals surface area contributed by atoms with Gasteiger partial charge in [0.05, 0.1) is 11.5 Å². The highest BCUT2D eigenvalue weighted by Crippen LogP contribution is 2.27. The molecule has 0 spiro atoms. The van der Waals surface area contributed by atoms with Gasteiger partial charge in [0.2, 0.25) is 5.89 Å². The first kappa shape index (κ1) is 14.4. The molecule has 0 unspecified atom stereocenters. The lowest BCUT2D eigenvalue weighted by molar-refractivity contribution is -0.384. The molecule has 1 aromatic heterocycles. The van der Waals surface area contributed by atoms with Crippen LogP contribution in [0.1, 0.15) is 22.1 Å². The third-order valence-corrected chi connectivity index (χ3v) is 2.59. The number of carbonyl (C=O) groups excluding carboxylic acids is 1. The Balaban J connectivity index is 2.20. The zero-order valence-corrected chi connectivity index (χ0v) is 11.0. The molecule has 10 heteroatoms. The van der Waals surface area contributed by atoms with Crippen molar-refractivity contribution in [2.45, 2.75) is 13.5 Å². The Bertz CT molecular complexity index is 683. The normalized spacial score (nSPS) is 10.2. The van der Waals surface area contributed by atoms with Crippen LogP contribution in [0.4, 0.5) is 11.4 Å². The van der Waals surface area contributed by atoms with E-state index in [4.69, 9.17) is 10.4 Å². The lowest BCUT2D eigenvalue weighted by atomic mass is 10.1. The minimum absolute atomic E-state index is 0.0306. The van der Waals surface area contributed by atoms with Gasteiger partial charge in [-0.25, -0.2) is 0 Å². The van der Waals surface area contributed by atoms with E-state index in [1.165, 1.54) is 18.2 Å². The van der Waals surface area contributed by atoms with Crippen molar-refractivity contribution in [2.24, 2.45) is 5.84 Å². The van der Waals surface area contributed by atoms with Gasteiger partial charge >= 0.3 is 5.69 Å². The predicted octanol–water partition coefficient (Wildman–Crippen LogP) is 0.502. The molecule has 0 bridgehead atoms. The number of nitrogens with zero attached hydrogens (tertiary/aromatic N) is 3. The van der Waals surface area contributed by atoms with E-state index in [0.29, 0.717) is 5.82 Å². The van der Waals surface area contributed by atoms with Crippen LogP contribution in [0, 0.1) is 17.0 Å². The van der Waals surface area contributed by atoms with E-state index in [1.54, 1.807) is 6.92 Å². The third kappa shape index (κ3) is 3.12. The number of aryl methyl sites for hydroxylation is 1. The van der Waals surface area contributed by atoms with Crippen molar-refractivity contribution < 1.29 is 14.2 Å². The summed E-state index contributed by atoms with van der Waals surface area (Å²) in [6, 6.07) is 4.21. The second-order valence-electron chi connectivity index (χ2n) is 4.02. The van der Waals surface area contributed by atoms with Crippen LogP contribution in [0.25, 0.3) is 0 Å². The largest absolute Gasteiger partial charge is 0.343 e. The summed E-state index contributed by atoms with van der Waals surface area (Å²) < 4.78 is 4.83. The number of anilines is 1. The van der Waals surface area contributed by atoms with Gasteiger partial charge in [0.25, 0.3) is 5.91 Å². The Labute approximate surface area is 118 Å². The van der Waals surface area contributed by atoms with Gasteiger partial charge in [-0.05, 0) is 19.1 Å². The summed E-state index contributed by atoms with van der Waals surface area (Å²) in [7, 11) is 0. The number of nitro benzene ring substituents is 1. The Morgan fingerprint density at radius 3 is 2.86 bits per heavy atom. The lowest BCUT2D eigenvalue weighted by Crippen LogP contribution is -2.24. The highest BCUT2D eigenvalue weighted by atomic mass is 16.6. The molecule has 1 heterocycles. The number of amides is 1. The third-order valence-electron chi connectivity index (χ3n) is 2.59. The van der Waals surface area contributed by atoms with Gasteiger partial charge in [-0.15, -0.1) is 0 Å². The van der Waals surface area contributed by atoms with Gasteiger partial charge in [0.1, 0.15) is 11.3 Å². The summed E-state index contributed by atoms with van der Waals surface area (Å²) in [4.78, 5) is 26.3. The molecule has 2 aromatic rings. The molecule has 0 aliphatic rings. The van der Waals surface area contributed by atoms with Gasteiger partial charge < -0.3 is 15.3 Å². The number of rotatable bonds is 5. The molecule has 0 radical (unpaired) electrons. The second kappa shape index (κ2) is 5.96. The molecule has 0 aliphatic heterocycles. The van der Waals surface area contributed by atoms with Gasteiger partial charge in [-0.1, -0.05) is 11.2 Å². The molecule has 1 amide bonds. The first-order valence-electron chi connectivity index (χ1n) is 5.84. The van der Waals surface area contributed by atoms with Gasteiger partial charge in [0.15, 0.2) is 5.82 Å². The van der Waals surface area contributed by atoms with Crippen LogP contribution in [0.2, 0.25) is 0 Å². The Morgan fingerprint density at radius 1 is 1.52 bits per heavy atom. The molecule has 0 aliphatic carbocycles. The fourth-order valence-corrected chi connectivity index (χ4v) is 1.70. The number of benzene rings is 1. The number of nitrogen functional groups attached to an aromatic ring is 1. The number of carbonyl (C=O) groups is 1. The van der Waals surface area contributed by atoms with Crippen molar-refractivity contribution in [1.82, 2.24) is 15.5 Å². The fourth-order valence-electron chi connectivity index (χ4n) is 1.70. The van der Waals surface area contributed by atoms with Crippen LogP contribution in [0.3, 0.4) is 0 Å². The van der Waals surface area contributed by atoms with Crippen molar-refractivity contribution in [3.8, 4) is 0 Å².